The maximum Gasteiger partial charge on any atom is 0.416 e. The molecule has 0 bridgehead atoms. The maximum absolute atomic E-state index is 13.7. The van der Waals surface area contributed by atoms with Crippen LogP contribution in [0.15, 0.2) is 41.8 Å². The normalized spacial score (nSPS) is 19.4. The minimum atomic E-state index is -5.03. The third-order valence-electron chi connectivity index (χ3n) is 7.69. The molecule has 1 unspecified atom stereocenters. The number of hydrogen-bond acceptors (Lipinski definition) is 8. The zero-order valence-electron chi connectivity index (χ0n) is 25.5. The molecular weight excluding hydrogens is 622 g/mol. The number of aromatic nitrogens is 2. The van der Waals surface area contributed by atoms with Crippen molar-refractivity contribution in [2.24, 2.45) is 10.7 Å². The predicted octanol–water partition coefficient (Wildman–Crippen LogP) is 6.15. The number of amides is 1. The van der Waals surface area contributed by atoms with Crippen molar-refractivity contribution in [3.8, 4) is 0 Å². The second-order valence-corrected chi connectivity index (χ2v) is 10.7. The van der Waals surface area contributed by atoms with Crippen LogP contribution < -0.4 is 10.6 Å². The Bertz CT molecular complexity index is 1370. The van der Waals surface area contributed by atoms with Gasteiger partial charge in [-0.25, -0.2) is 14.8 Å². The number of anilines is 1. The highest BCUT2D eigenvalue weighted by atomic mass is 19.4. The summed E-state index contributed by atoms with van der Waals surface area (Å²) in [5.41, 5.74) is 3.50. The number of carboxylic acid groups (broad SMARTS) is 1. The molecule has 1 aromatic carbocycles. The van der Waals surface area contributed by atoms with Crippen molar-refractivity contribution in [2.45, 2.75) is 83.0 Å². The van der Waals surface area contributed by atoms with Crippen molar-refractivity contribution < 1.29 is 45.8 Å². The van der Waals surface area contributed by atoms with Gasteiger partial charge in [-0.2, -0.15) is 26.3 Å². The summed E-state index contributed by atoms with van der Waals surface area (Å²) in [4.78, 5) is 39.8. The number of halogens is 6. The number of allylic oxidation sites excluding steroid dienone is 1. The van der Waals surface area contributed by atoms with Crippen LogP contribution in [0, 0.1) is 0 Å². The number of nitrogens with zero attached hydrogens (tertiary/aromatic N) is 5. The highest BCUT2D eigenvalue weighted by Gasteiger charge is 2.41. The molecule has 0 saturated carbocycles. The Labute approximate surface area is 262 Å². The number of aliphatic carboxylic acids is 1. The van der Waals surface area contributed by atoms with Gasteiger partial charge in [0.15, 0.2) is 0 Å². The molecule has 1 fully saturated rings. The predicted molar refractivity (Wildman–Crippen MR) is 158 cm³/mol. The average Bonchev–Trinajstić information content (AvgIpc) is 3.00. The van der Waals surface area contributed by atoms with Crippen LogP contribution in [0.3, 0.4) is 0 Å². The number of carbonyl (C=O) groups excluding carboxylic acids is 1. The van der Waals surface area contributed by atoms with Gasteiger partial charge in [-0.15, -0.1) is 0 Å². The molecule has 10 nitrogen and oxygen atoms in total. The largest absolute Gasteiger partial charge is 0.481 e. The van der Waals surface area contributed by atoms with E-state index in [1.165, 1.54) is 36.8 Å². The van der Waals surface area contributed by atoms with Crippen molar-refractivity contribution in [3.05, 3.63) is 59.0 Å². The van der Waals surface area contributed by atoms with E-state index in [4.69, 9.17) is 15.6 Å². The summed E-state index contributed by atoms with van der Waals surface area (Å²) < 4.78 is 87.4. The number of carboxylic acids is 1. The van der Waals surface area contributed by atoms with Gasteiger partial charge in [0.2, 0.25) is 5.95 Å². The molecule has 1 aliphatic heterocycles. The summed E-state index contributed by atoms with van der Waals surface area (Å²) in [6.07, 6.45) is -4.13. The molecule has 3 atom stereocenters. The van der Waals surface area contributed by atoms with Gasteiger partial charge in [-0.1, -0.05) is 13.8 Å². The minimum absolute atomic E-state index is 0.0479. The summed E-state index contributed by atoms with van der Waals surface area (Å²) in [6, 6.07) is 0.0176. The van der Waals surface area contributed by atoms with E-state index in [1.54, 1.807) is 4.90 Å². The smallest absolute Gasteiger partial charge is 0.416 e. The molecule has 2 aromatic rings. The van der Waals surface area contributed by atoms with E-state index in [0.29, 0.717) is 36.1 Å². The van der Waals surface area contributed by atoms with E-state index in [2.05, 4.69) is 15.0 Å². The highest BCUT2D eigenvalue weighted by Crippen LogP contribution is 2.38. The van der Waals surface area contributed by atoms with Crippen LogP contribution in [0.25, 0.3) is 5.57 Å². The second-order valence-electron chi connectivity index (χ2n) is 10.7. The SMILES string of the molecule is CC[C@@H]1CC(N(Cc2cc(C(F)(F)F)cc(C(F)(F)F)c2)c2ncc(C(C=NC)=CN)cn2)C[C@H](CC)N1C(=O)OCCC(=O)O. The van der Waals surface area contributed by atoms with E-state index in [-0.39, 0.29) is 43.4 Å². The number of piperidine rings is 1. The molecule has 3 rings (SSSR count). The van der Waals surface area contributed by atoms with Crippen LogP contribution in [-0.2, 0) is 28.4 Å². The number of ether oxygens (including phenoxy) is 1. The molecule has 1 aromatic heterocycles. The van der Waals surface area contributed by atoms with Gasteiger partial charge < -0.3 is 25.4 Å². The number of benzene rings is 1. The lowest BCUT2D eigenvalue weighted by Gasteiger charge is -2.47. The maximum atomic E-state index is 13.7. The van der Waals surface area contributed by atoms with Gasteiger partial charge in [0, 0.05) is 67.7 Å². The zero-order valence-corrected chi connectivity index (χ0v) is 25.5. The Kier molecular flexibility index (Phi) is 12.0. The average molecular weight is 659 g/mol. The van der Waals surface area contributed by atoms with E-state index < -0.39 is 60.2 Å². The summed E-state index contributed by atoms with van der Waals surface area (Å²) in [5.74, 6) is -1.08. The molecule has 3 N–H and O–H groups in total. The molecule has 2 heterocycles. The number of hydrogen-bond donors (Lipinski definition) is 2. The third kappa shape index (κ3) is 9.10. The molecule has 0 aliphatic carbocycles. The van der Waals surface area contributed by atoms with E-state index >= 15 is 0 Å². The number of carbonyl (C=O) groups is 2. The van der Waals surface area contributed by atoms with E-state index in [9.17, 15) is 35.9 Å². The second kappa shape index (κ2) is 15.3. The van der Waals surface area contributed by atoms with Crippen LogP contribution in [0.2, 0.25) is 0 Å². The highest BCUT2D eigenvalue weighted by molar-refractivity contribution is 6.09. The first-order chi connectivity index (χ1) is 21.6. The van der Waals surface area contributed by atoms with Crippen molar-refractivity contribution in [2.75, 3.05) is 18.6 Å². The third-order valence-corrected chi connectivity index (χ3v) is 7.69. The minimum Gasteiger partial charge on any atom is -0.481 e. The molecule has 0 spiro atoms. The summed E-state index contributed by atoms with van der Waals surface area (Å²) in [5, 5.41) is 8.91. The monoisotopic (exact) mass is 658 g/mol. The lowest BCUT2D eigenvalue weighted by Crippen LogP contribution is -2.57. The van der Waals surface area contributed by atoms with Crippen LogP contribution in [-0.4, -0.2) is 70.0 Å². The molecule has 1 amide bonds. The van der Waals surface area contributed by atoms with Crippen molar-refractivity contribution in [1.82, 2.24) is 14.9 Å². The number of alkyl halides is 6. The first kappa shape index (κ1) is 36.1. The van der Waals surface area contributed by atoms with E-state index in [0.717, 1.165) is 0 Å². The van der Waals surface area contributed by atoms with Gasteiger partial charge in [-0.05, 0) is 49.4 Å². The van der Waals surface area contributed by atoms with Gasteiger partial charge >= 0.3 is 24.4 Å². The molecule has 16 heteroatoms. The topological polar surface area (TPSA) is 134 Å². The van der Waals surface area contributed by atoms with Crippen molar-refractivity contribution in [1.29, 1.82) is 0 Å². The Morgan fingerprint density at radius 2 is 1.59 bits per heavy atom. The number of likely N-dealkylation sites (tertiary alicyclic amines) is 1. The van der Waals surface area contributed by atoms with Crippen LogP contribution in [0.1, 0.15) is 68.2 Å². The fraction of sp³-hybridized carbons (Fsp3) is 0.500. The van der Waals surface area contributed by atoms with Gasteiger partial charge in [0.1, 0.15) is 6.61 Å². The molecular formula is C30H36F6N6O4. The van der Waals surface area contributed by atoms with Gasteiger partial charge in [0.05, 0.1) is 17.5 Å². The molecule has 46 heavy (non-hydrogen) atoms. The Morgan fingerprint density at radius 3 is 2.02 bits per heavy atom. The molecule has 0 radical (unpaired) electrons. The fourth-order valence-electron chi connectivity index (χ4n) is 5.47. The standard InChI is InChI=1S/C30H36F6N6O4/c1-4-23-11-25(12-24(5-2)42(23)28(45)46-7-6-26(43)44)41(27-39-15-20(16-40-27)19(13-37)14-38-3)17-18-8-21(29(31,32)33)10-22(9-18)30(34,35)36/h8-10,13-16,23-25H,4-7,11-12,17,37H2,1-3H3,(H,43,44)/t23-,24+,25?. The fourth-order valence-corrected chi connectivity index (χ4v) is 5.47. The molecule has 252 valence electrons. The zero-order chi connectivity index (χ0) is 34.2. The molecule has 1 saturated heterocycles. The van der Waals surface area contributed by atoms with Crippen LogP contribution in [0.4, 0.5) is 37.1 Å². The number of nitrogens with two attached hydrogens (primary N) is 1. The first-order valence-electron chi connectivity index (χ1n) is 14.5. The van der Waals surface area contributed by atoms with Crippen LogP contribution >= 0.6 is 0 Å². The van der Waals surface area contributed by atoms with Gasteiger partial charge in [-0.3, -0.25) is 9.79 Å². The summed E-state index contributed by atoms with van der Waals surface area (Å²) >= 11 is 0. The van der Waals surface area contributed by atoms with Crippen LogP contribution in [0.5, 0.6) is 0 Å². The van der Waals surface area contributed by atoms with Gasteiger partial charge in [0.25, 0.3) is 0 Å². The van der Waals surface area contributed by atoms with Crippen molar-refractivity contribution >= 4 is 29.8 Å². The Hall–Kier alpha value is -4.37. The van der Waals surface area contributed by atoms with Crippen molar-refractivity contribution in [3.63, 3.8) is 0 Å². The van der Waals surface area contributed by atoms with E-state index in [1.807, 2.05) is 13.8 Å². The lowest BCUT2D eigenvalue weighted by molar-refractivity contribution is -0.143. The molecule has 1 aliphatic rings. The quantitative estimate of drug-likeness (QED) is 0.217. The lowest BCUT2D eigenvalue weighted by atomic mass is 9.87. The number of rotatable bonds is 11. The summed E-state index contributed by atoms with van der Waals surface area (Å²) in [7, 11) is 1.54. The Morgan fingerprint density at radius 1 is 1.04 bits per heavy atom. The number of aliphatic imine (C=N–C) groups is 1. The Balaban J connectivity index is 2.07. The first-order valence-corrected chi connectivity index (χ1v) is 14.5. The summed E-state index contributed by atoms with van der Waals surface area (Å²) in [6.45, 7) is 2.92.